The second-order valence-electron chi connectivity index (χ2n) is 4.24. The summed E-state index contributed by atoms with van der Waals surface area (Å²) in [6.45, 7) is -2.96. The minimum Gasteiger partial charge on any atom is -0.497 e. The molecule has 0 aliphatic heterocycles. The number of alkyl halides is 2. The Labute approximate surface area is 119 Å². The van der Waals surface area contributed by atoms with E-state index in [4.69, 9.17) is 4.74 Å². The van der Waals surface area contributed by atoms with Gasteiger partial charge in [-0.3, -0.25) is 0 Å². The Hall–Kier alpha value is -2.21. The van der Waals surface area contributed by atoms with Crippen molar-refractivity contribution in [3.05, 3.63) is 59.4 Å². The molecule has 0 aliphatic carbocycles. The van der Waals surface area contributed by atoms with Crippen LogP contribution in [-0.2, 0) is 0 Å². The van der Waals surface area contributed by atoms with Crippen LogP contribution in [0.5, 0.6) is 11.5 Å². The van der Waals surface area contributed by atoms with Crippen molar-refractivity contribution in [2.75, 3.05) is 7.11 Å². The van der Waals surface area contributed by atoms with Crippen molar-refractivity contribution in [2.24, 2.45) is 0 Å². The Morgan fingerprint density at radius 1 is 1.05 bits per heavy atom. The fourth-order valence-corrected chi connectivity index (χ4v) is 1.90. The highest BCUT2D eigenvalue weighted by atomic mass is 19.3. The number of ether oxygens (including phenoxy) is 2. The highest BCUT2D eigenvalue weighted by Gasteiger charge is 2.17. The molecule has 0 saturated heterocycles. The van der Waals surface area contributed by atoms with Crippen LogP contribution >= 0.6 is 0 Å². The van der Waals surface area contributed by atoms with Gasteiger partial charge < -0.3 is 14.6 Å². The van der Waals surface area contributed by atoms with Gasteiger partial charge in [0.15, 0.2) is 0 Å². The molecule has 6 heteroatoms. The van der Waals surface area contributed by atoms with Gasteiger partial charge in [-0.25, -0.2) is 4.39 Å². The number of rotatable bonds is 5. The molecular formula is C15H13F3O3. The van der Waals surface area contributed by atoms with Crippen molar-refractivity contribution >= 4 is 0 Å². The first-order valence-electron chi connectivity index (χ1n) is 6.07. The van der Waals surface area contributed by atoms with Gasteiger partial charge in [-0.15, -0.1) is 0 Å². The first-order valence-corrected chi connectivity index (χ1v) is 6.07. The van der Waals surface area contributed by atoms with E-state index < -0.39 is 18.5 Å². The molecule has 0 fully saturated rings. The molecule has 0 spiro atoms. The van der Waals surface area contributed by atoms with Crippen LogP contribution in [0.1, 0.15) is 17.2 Å². The van der Waals surface area contributed by atoms with Crippen LogP contribution in [0.3, 0.4) is 0 Å². The van der Waals surface area contributed by atoms with Crippen molar-refractivity contribution in [2.45, 2.75) is 12.7 Å². The van der Waals surface area contributed by atoms with E-state index in [0.717, 1.165) is 6.07 Å². The summed E-state index contributed by atoms with van der Waals surface area (Å²) in [5.41, 5.74) is 0.266. The van der Waals surface area contributed by atoms with Crippen LogP contribution < -0.4 is 9.47 Å². The molecule has 1 N–H and O–H groups in total. The summed E-state index contributed by atoms with van der Waals surface area (Å²) in [4.78, 5) is 0. The second-order valence-corrected chi connectivity index (χ2v) is 4.24. The molecule has 2 aromatic carbocycles. The summed E-state index contributed by atoms with van der Waals surface area (Å²) in [6.07, 6.45) is -1.29. The predicted molar refractivity (Wildman–Crippen MR) is 70.1 cm³/mol. The molecule has 0 heterocycles. The summed E-state index contributed by atoms with van der Waals surface area (Å²) in [5.74, 6) is -0.435. The van der Waals surface area contributed by atoms with Crippen molar-refractivity contribution in [1.29, 1.82) is 0 Å². The molecule has 3 nitrogen and oxygen atoms in total. The van der Waals surface area contributed by atoms with E-state index in [-0.39, 0.29) is 16.9 Å². The van der Waals surface area contributed by atoms with Crippen LogP contribution in [0.15, 0.2) is 42.5 Å². The molecule has 0 aromatic heterocycles. The van der Waals surface area contributed by atoms with E-state index in [1.165, 1.54) is 43.5 Å². The fourth-order valence-electron chi connectivity index (χ4n) is 1.90. The molecule has 112 valence electrons. The molecule has 0 saturated carbocycles. The lowest BCUT2D eigenvalue weighted by Gasteiger charge is -2.14. The van der Waals surface area contributed by atoms with Gasteiger partial charge in [0.2, 0.25) is 0 Å². The second kappa shape index (κ2) is 6.49. The molecule has 0 radical (unpaired) electrons. The third-order valence-electron chi connectivity index (χ3n) is 2.90. The van der Waals surface area contributed by atoms with E-state index in [2.05, 4.69) is 4.74 Å². The number of hydrogen-bond acceptors (Lipinski definition) is 3. The first-order chi connectivity index (χ1) is 10.0. The van der Waals surface area contributed by atoms with Crippen LogP contribution in [0, 0.1) is 5.82 Å². The van der Waals surface area contributed by atoms with Gasteiger partial charge in [0.05, 0.1) is 7.11 Å². The van der Waals surface area contributed by atoms with Crippen molar-refractivity contribution in [3.8, 4) is 11.5 Å². The molecule has 1 unspecified atom stereocenters. The average Bonchev–Trinajstić information content (AvgIpc) is 2.46. The number of benzene rings is 2. The van der Waals surface area contributed by atoms with E-state index in [1.807, 2.05) is 0 Å². The third-order valence-corrected chi connectivity index (χ3v) is 2.90. The smallest absolute Gasteiger partial charge is 0.387 e. The Kier molecular flexibility index (Phi) is 4.70. The fraction of sp³-hybridized carbons (Fsp3) is 0.200. The number of aliphatic hydroxyl groups excluding tert-OH is 1. The van der Waals surface area contributed by atoms with Crippen LogP contribution in [0.2, 0.25) is 0 Å². The maximum absolute atomic E-state index is 13.9. The highest BCUT2D eigenvalue weighted by Crippen LogP contribution is 2.29. The maximum Gasteiger partial charge on any atom is 0.387 e. The third kappa shape index (κ3) is 3.66. The van der Waals surface area contributed by atoms with Gasteiger partial charge in [0, 0.05) is 11.6 Å². The van der Waals surface area contributed by atoms with E-state index in [0.29, 0.717) is 5.75 Å². The first kappa shape index (κ1) is 15.2. The highest BCUT2D eigenvalue weighted by molar-refractivity contribution is 5.38. The monoisotopic (exact) mass is 298 g/mol. The molecule has 2 rings (SSSR count). The lowest BCUT2D eigenvalue weighted by atomic mass is 10.0. The van der Waals surface area contributed by atoms with Gasteiger partial charge in [0.1, 0.15) is 23.4 Å². The minimum absolute atomic E-state index is 0.0185. The van der Waals surface area contributed by atoms with Crippen LogP contribution in [0.25, 0.3) is 0 Å². The normalized spacial score (nSPS) is 12.3. The number of aliphatic hydroxyl groups is 1. The Bertz CT molecular complexity index is 617. The average molecular weight is 298 g/mol. The minimum atomic E-state index is -2.96. The molecule has 21 heavy (non-hydrogen) atoms. The summed E-state index contributed by atoms with van der Waals surface area (Å²) in [7, 11) is 1.40. The van der Waals surface area contributed by atoms with Gasteiger partial charge in [-0.05, 0) is 29.8 Å². The van der Waals surface area contributed by atoms with E-state index in [9.17, 15) is 18.3 Å². The van der Waals surface area contributed by atoms with Crippen molar-refractivity contribution < 1.29 is 27.8 Å². The van der Waals surface area contributed by atoms with Gasteiger partial charge in [-0.1, -0.05) is 12.1 Å². The molecule has 0 aliphatic rings. The predicted octanol–water partition coefficient (Wildman–Crippen LogP) is 3.52. The summed E-state index contributed by atoms with van der Waals surface area (Å²) >= 11 is 0. The zero-order chi connectivity index (χ0) is 15.4. The Morgan fingerprint density at radius 2 is 1.81 bits per heavy atom. The molecule has 2 aromatic rings. The Morgan fingerprint density at radius 3 is 2.43 bits per heavy atom. The molecule has 0 bridgehead atoms. The zero-order valence-electron chi connectivity index (χ0n) is 11.1. The number of halogens is 3. The quantitative estimate of drug-likeness (QED) is 0.918. The van der Waals surface area contributed by atoms with Crippen molar-refractivity contribution in [3.63, 3.8) is 0 Å². The van der Waals surface area contributed by atoms with Crippen LogP contribution in [0.4, 0.5) is 13.2 Å². The van der Waals surface area contributed by atoms with E-state index >= 15 is 0 Å². The summed E-state index contributed by atoms with van der Waals surface area (Å²) in [6, 6.07) is 9.51. The summed E-state index contributed by atoms with van der Waals surface area (Å²) < 4.78 is 47.3. The lowest BCUT2D eigenvalue weighted by Crippen LogP contribution is -2.05. The molecule has 1 atom stereocenters. The zero-order valence-corrected chi connectivity index (χ0v) is 11.1. The van der Waals surface area contributed by atoms with Crippen LogP contribution in [-0.4, -0.2) is 18.8 Å². The van der Waals surface area contributed by atoms with Gasteiger partial charge in [-0.2, -0.15) is 8.78 Å². The SMILES string of the molecule is COc1ccc(C(O)c2cccc(OC(F)F)c2)c(F)c1. The summed E-state index contributed by atoms with van der Waals surface area (Å²) in [5, 5.41) is 10.2. The van der Waals surface area contributed by atoms with Crippen molar-refractivity contribution in [1.82, 2.24) is 0 Å². The van der Waals surface area contributed by atoms with E-state index in [1.54, 1.807) is 0 Å². The molecule has 0 amide bonds. The lowest BCUT2D eigenvalue weighted by molar-refractivity contribution is -0.0499. The standard InChI is InChI=1S/C15H13F3O3/c1-20-10-5-6-12(13(16)8-10)14(19)9-3-2-4-11(7-9)21-15(17)18/h2-8,14-15,19H,1H3. The molecular weight excluding hydrogens is 285 g/mol. The topological polar surface area (TPSA) is 38.7 Å². The maximum atomic E-state index is 13.9. The Balaban J connectivity index is 2.29. The number of hydrogen-bond donors (Lipinski definition) is 1. The van der Waals surface area contributed by atoms with Gasteiger partial charge in [0.25, 0.3) is 0 Å². The largest absolute Gasteiger partial charge is 0.497 e. The van der Waals surface area contributed by atoms with Gasteiger partial charge >= 0.3 is 6.61 Å². The number of methoxy groups -OCH3 is 1.